The Kier molecular flexibility index (Phi) is 5.30. The lowest BCUT2D eigenvalue weighted by Gasteiger charge is -2.11. The quantitative estimate of drug-likeness (QED) is 0.370. The maximum absolute atomic E-state index is 12.7. The van der Waals surface area contributed by atoms with Gasteiger partial charge in [-0.1, -0.05) is 39.7 Å². The van der Waals surface area contributed by atoms with Gasteiger partial charge in [0.25, 0.3) is 5.91 Å². The minimum atomic E-state index is -0.261. The minimum Gasteiger partial charge on any atom is -0.496 e. The molecule has 0 fully saturated rings. The van der Waals surface area contributed by atoms with Crippen LogP contribution >= 0.6 is 27.5 Å². The Morgan fingerprint density at radius 2 is 2.00 bits per heavy atom. The summed E-state index contributed by atoms with van der Waals surface area (Å²) in [6, 6.07) is 16.2. The molecule has 1 aromatic heterocycles. The molecule has 0 unspecified atom stereocenters. The molecule has 0 aliphatic carbocycles. The number of carbonyl (C=O) groups excluding carboxylic acids is 1. The zero-order valence-electron chi connectivity index (χ0n) is 15.6. The molecule has 0 aliphatic rings. The van der Waals surface area contributed by atoms with Crippen LogP contribution in [0.3, 0.4) is 0 Å². The zero-order chi connectivity index (χ0) is 20.5. The van der Waals surface area contributed by atoms with Gasteiger partial charge in [0.15, 0.2) is 5.58 Å². The van der Waals surface area contributed by atoms with Crippen LogP contribution in [0.4, 0.5) is 5.69 Å². The monoisotopic (exact) mass is 470 g/mol. The third kappa shape index (κ3) is 3.86. The number of benzene rings is 3. The highest BCUT2D eigenvalue weighted by Gasteiger charge is 2.16. The topological polar surface area (TPSA) is 64.4 Å². The fourth-order valence-corrected chi connectivity index (χ4v) is 3.64. The van der Waals surface area contributed by atoms with Crippen LogP contribution in [-0.4, -0.2) is 18.0 Å². The Morgan fingerprint density at radius 3 is 2.79 bits per heavy atom. The molecule has 1 amide bonds. The number of rotatable bonds is 4. The molecule has 0 aliphatic heterocycles. The first-order valence-electron chi connectivity index (χ1n) is 8.77. The lowest BCUT2D eigenvalue weighted by molar-refractivity contribution is 0.102. The number of halogens is 2. The molecule has 146 valence electrons. The van der Waals surface area contributed by atoms with Crippen molar-refractivity contribution >= 4 is 50.2 Å². The van der Waals surface area contributed by atoms with Gasteiger partial charge >= 0.3 is 0 Å². The Balaban J connectivity index is 1.66. The number of nitrogens with zero attached hydrogens (tertiary/aromatic N) is 1. The smallest absolute Gasteiger partial charge is 0.259 e. The average Bonchev–Trinajstić information content (AvgIpc) is 3.12. The van der Waals surface area contributed by atoms with Crippen molar-refractivity contribution in [3.05, 3.63) is 75.2 Å². The summed E-state index contributed by atoms with van der Waals surface area (Å²) in [6.07, 6.45) is 0. The second-order valence-corrected chi connectivity index (χ2v) is 7.76. The molecular weight excluding hydrogens is 456 g/mol. The molecule has 3 aromatic carbocycles. The number of hydrogen-bond acceptors (Lipinski definition) is 4. The Labute approximate surface area is 180 Å². The second-order valence-electron chi connectivity index (χ2n) is 6.44. The largest absolute Gasteiger partial charge is 0.496 e. The van der Waals surface area contributed by atoms with E-state index in [4.69, 9.17) is 20.8 Å². The van der Waals surface area contributed by atoms with E-state index in [1.807, 2.05) is 31.2 Å². The summed E-state index contributed by atoms with van der Waals surface area (Å²) < 4.78 is 12.1. The van der Waals surface area contributed by atoms with Gasteiger partial charge in [-0.25, -0.2) is 4.98 Å². The van der Waals surface area contributed by atoms with E-state index in [0.29, 0.717) is 44.6 Å². The number of para-hydroxylation sites is 1. The fourth-order valence-electron chi connectivity index (χ4n) is 3.08. The average molecular weight is 472 g/mol. The number of hydrogen-bond donors (Lipinski definition) is 1. The van der Waals surface area contributed by atoms with Gasteiger partial charge in [0.2, 0.25) is 5.89 Å². The molecule has 7 heteroatoms. The summed E-state index contributed by atoms with van der Waals surface area (Å²) in [5, 5.41) is 3.43. The number of carbonyl (C=O) groups is 1. The molecule has 1 N–H and O–H groups in total. The molecule has 0 spiro atoms. The molecule has 0 saturated carbocycles. The van der Waals surface area contributed by atoms with Crippen molar-refractivity contribution in [1.82, 2.24) is 4.98 Å². The van der Waals surface area contributed by atoms with E-state index in [2.05, 4.69) is 26.2 Å². The Bertz CT molecular complexity index is 1240. The first kappa shape index (κ1) is 19.5. The second kappa shape index (κ2) is 7.89. The lowest BCUT2D eigenvalue weighted by atomic mass is 10.1. The van der Waals surface area contributed by atoms with Crippen molar-refractivity contribution in [2.24, 2.45) is 0 Å². The van der Waals surface area contributed by atoms with Crippen molar-refractivity contribution in [1.29, 1.82) is 0 Å². The van der Waals surface area contributed by atoms with E-state index >= 15 is 0 Å². The van der Waals surface area contributed by atoms with Gasteiger partial charge < -0.3 is 14.5 Å². The number of methoxy groups -OCH3 is 1. The molecule has 29 heavy (non-hydrogen) atoms. The number of anilines is 1. The molecule has 0 atom stereocenters. The molecule has 5 nitrogen and oxygen atoms in total. The summed E-state index contributed by atoms with van der Waals surface area (Å²) in [4.78, 5) is 17.3. The third-order valence-corrected chi connectivity index (χ3v) is 5.29. The van der Waals surface area contributed by atoms with Crippen molar-refractivity contribution < 1.29 is 13.9 Å². The van der Waals surface area contributed by atoms with E-state index in [1.54, 1.807) is 37.4 Å². The summed E-state index contributed by atoms with van der Waals surface area (Å²) in [7, 11) is 1.55. The first-order valence-corrected chi connectivity index (χ1v) is 9.94. The molecule has 4 aromatic rings. The first-order chi connectivity index (χ1) is 14.0. The molecule has 0 bridgehead atoms. The van der Waals surface area contributed by atoms with Gasteiger partial charge in [-0.15, -0.1) is 0 Å². The highest BCUT2D eigenvalue weighted by atomic mass is 79.9. The van der Waals surface area contributed by atoms with Crippen molar-refractivity contribution in [3.63, 3.8) is 0 Å². The van der Waals surface area contributed by atoms with Gasteiger partial charge in [0, 0.05) is 10.2 Å². The summed E-state index contributed by atoms with van der Waals surface area (Å²) in [5.74, 6) is 0.706. The summed E-state index contributed by atoms with van der Waals surface area (Å²) >= 11 is 9.71. The molecule has 1 heterocycles. The number of oxazole rings is 1. The van der Waals surface area contributed by atoms with E-state index in [1.165, 1.54) is 0 Å². The lowest BCUT2D eigenvalue weighted by Crippen LogP contribution is -2.13. The standard InChI is InChI=1S/C22H16BrClN2O3/c1-12-4-3-5-15(20(12)28-2)21(27)25-14-7-9-19-18(11-14)26-22(29-19)16-10-13(23)6-8-17(16)24/h3-11H,1-2H3,(H,25,27). The van der Waals surface area contributed by atoms with Crippen LogP contribution in [0.25, 0.3) is 22.6 Å². The predicted octanol–water partition coefficient (Wildman–Crippen LogP) is 6.48. The number of amides is 1. The Morgan fingerprint density at radius 1 is 1.17 bits per heavy atom. The molecule has 4 rings (SSSR count). The van der Waals surface area contributed by atoms with E-state index in [-0.39, 0.29) is 5.91 Å². The maximum Gasteiger partial charge on any atom is 0.259 e. The van der Waals surface area contributed by atoms with Gasteiger partial charge in [-0.05, 0) is 55.0 Å². The normalized spacial score (nSPS) is 10.9. The van der Waals surface area contributed by atoms with Crippen LogP contribution in [0, 0.1) is 6.92 Å². The number of fused-ring (bicyclic) bond motifs is 1. The SMILES string of the molecule is COc1c(C)cccc1C(=O)Nc1ccc2oc(-c3cc(Br)ccc3Cl)nc2c1. The van der Waals surface area contributed by atoms with Crippen LogP contribution < -0.4 is 10.1 Å². The van der Waals surface area contributed by atoms with Crippen LogP contribution in [0.15, 0.2) is 63.5 Å². The summed E-state index contributed by atoms with van der Waals surface area (Å²) in [5.41, 5.74) is 3.86. The van der Waals surface area contributed by atoms with Crippen molar-refractivity contribution in [2.75, 3.05) is 12.4 Å². The Hall–Kier alpha value is -2.83. The van der Waals surface area contributed by atoms with E-state index < -0.39 is 0 Å². The van der Waals surface area contributed by atoms with Gasteiger partial charge in [-0.2, -0.15) is 0 Å². The molecule has 0 saturated heterocycles. The molecule has 0 radical (unpaired) electrons. The summed E-state index contributed by atoms with van der Waals surface area (Å²) in [6.45, 7) is 1.89. The highest BCUT2D eigenvalue weighted by molar-refractivity contribution is 9.10. The zero-order valence-corrected chi connectivity index (χ0v) is 18.0. The minimum absolute atomic E-state index is 0.261. The number of nitrogens with one attached hydrogen (secondary N) is 1. The highest BCUT2D eigenvalue weighted by Crippen LogP contribution is 2.33. The number of ether oxygens (including phenoxy) is 1. The van der Waals surface area contributed by atoms with Gasteiger partial charge in [0.05, 0.1) is 23.3 Å². The van der Waals surface area contributed by atoms with Crippen LogP contribution in [0.5, 0.6) is 5.75 Å². The third-order valence-electron chi connectivity index (χ3n) is 4.46. The van der Waals surface area contributed by atoms with Crippen LogP contribution in [0.1, 0.15) is 15.9 Å². The number of aromatic nitrogens is 1. The maximum atomic E-state index is 12.7. The van der Waals surface area contributed by atoms with Gasteiger partial charge in [-0.3, -0.25) is 4.79 Å². The van der Waals surface area contributed by atoms with E-state index in [9.17, 15) is 4.79 Å². The van der Waals surface area contributed by atoms with Gasteiger partial charge in [0.1, 0.15) is 11.3 Å². The fraction of sp³-hybridized carbons (Fsp3) is 0.0909. The predicted molar refractivity (Wildman–Crippen MR) is 118 cm³/mol. The number of aryl methyl sites for hydroxylation is 1. The van der Waals surface area contributed by atoms with Crippen LogP contribution in [-0.2, 0) is 0 Å². The van der Waals surface area contributed by atoms with Crippen LogP contribution in [0.2, 0.25) is 5.02 Å². The van der Waals surface area contributed by atoms with E-state index in [0.717, 1.165) is 10.0 Å². The molecular formula is C22H16BrClN2O3. The van der Waals surface area contributed by atoms with Crippen molar-refractivity contribution in [2.45, 2.75) is 6.92 Å². The van der Waals surface area contributed by atoms with Crippen molar-refractivity contribution in [3.8, 4) is 17.2 Å².